The molecular formula is C22H31N3O4S. The molecule has 2 aromatic rings. The maximum absolute atomic E-state index is 12.7. The Bertz CT molecular complexity index is 924. The second kappa shape index (κ2) is 11.1. The first-order valence-corrected chi connectivity index (χ1v) is 11.5. The van der Waals surface area contributed by atoms with Gasteiger partial charge >= 0.3 is 0 Å². The average Bonchev–Trinajstić information content (AvgIpc) is 2.73. The van der Waals surface area contributed by atoms with Gasteiger partial charge in [-0.2, -0.15) is 4.31 Å². The van der Waals surface area contributed by atoms with E-state index >= 15 is 0 Å². The van der Waals surface area contributed by atoms with Crippen LogP contribution in [0.25, 0.3) is 0 Å². The van der Waals surface area contributed by atoms with Crippen molar-refractivity contribution in [1.82, 2.24) is 14.5 Å². The van der Waals surface area contributed by atoms with Crippen LogP contribution in [0.1, 0.15) is 29.8 Å². The second-order valence-corrected chi connectivity index (χ2v) is 9.03. The van der Waals surface area contributed by atoms with E-state index in [1.165, 1.54) is 16.4 Å². The summed E-state index contributed by atoms with van der Waals surface area (Å²) in [5.41, 5.74) is 1.24. The normalized spacial score (nSPS) is 11.7. The summed E-state index contributed by atoms with van der Waals surface area (Å²) in [6, 6.07) is 13.7. The lowest BCUT2D eigenvalue weighted by Gasteiger charge is -2.18. The molecule has 0 aliphatic heterocycles. The maximum Gasteiger partial charge on any atom is 0.251 e. The average molecular weight is 434 g/mol. The van der Waals surface area contributed by atoms with Crippen LogP contribution < -0.4 is 10.1 Å². The van der Waals surface area contributed by atoms with Gasteiger partial charge in [-0.1, -0.05) is 32.0 Å². The van der Waals surface area contributed by atoms with E-state index in [9.17, 15) is 13.2 Å². The number of nitrogens with one attached hydrogen (secondary N) is 1. The predicted octanol–water partition coefficient (Wildman–Crippen LogP) is 2.59. The van der Waals surface area contributed by atoms with E-state index in [1.807, 2.05) is 43.3 Å². The standard InChI is InChI=1S/C22H31N3O4S/c1-5-25(6-2)30(27,28)21-9-7-8-19(16-21)22(26)23-17-18-10-12-20(13-11-18)29-15-14-24(3)4/h7-13,16H,5-6,14-15,17H2,1-4H3,(H,23,26). The van der Waals surface area contributed by atoms with Crippen molar-refractivity contribution < 1.29 is 17.9 Å². The molecule has 30 heavy (non-hydrogen) atoms. The van der Waals surface area contributed by atoms with Crippen LogP contribution in [0.2, 0.25) is 0 Å². The third-order valence-corrected chi connectivity index (χ3v) is 6.67. The van der Waals surface area contributed by atoms with E-state index in [1.54, 1.807) is 26.0 Å². The Morgan fingerprint density at radius 1 is 1.03 bits per heavy atom. The Morgan fingerprint density at radius 2 is 1.70 bits per heavy atom. The van der Waals surface area contributed by atoms with Crippen molar-refractivity contribution in [2.45, 2.75) is 25.3 Å². The first kappa shape index (κ1) is 23.9. The molecule has 0 bridgehead atoms. The third-order valence-electron chi connectivity index (χ3n) is 4.62. The molecule has 0 radical (unpaired) electrons. The van der Waals surface area contributed by atoms with Crippen molar-refractivity contribution in [3.05, 3.63) is 59.7 Å². The number of nitrogens with zero attached hydrogens (tertiary/aromatic N) is 2. The SMILES string of the molecule is CCN(CC)S(=O)(=O)c1cccc(C(=O)NCc2ccc(OCCN(C)C)cc2)c1. The largest absolute Gasteiger partial charge is 0.492 e. The van der Waals surface area contributed by atoms with Crippen LogP contribution in [-0.4, -0.2) is 63.9 Å². The molecule has 0 aliphatic carbocycles. The van der Waals surface area contributed by atoms with Crippen LogP contribution in [0.15, 0.2) is 53.4 Å². The molecule has 8 heteroatoms. The number of amides is 1. The van der Waals surface area contributed by atoms with Gasteiger partial charge in [0.1, 0.15) is 12.4 Å². The highest BCUT2D eigenvalue weighted by Crippen LogP contribution is 2.17. The fraction of sp³-hybridized carbons (Fsp3) is 0.409. The number of benzene rings is 2. The molecule has 0 atom stereocenters. The Hall–Kier alpha value is -2.42. The number of sulfonamides is 1. The minimum atomic E-state index is -3.61. The number of hydrogen-bond acceptors (Lipinski definition) is 5. The van der Waals surface area contributed by atoms with Crippen molar-refractivity contribution in [3.63, 3.8) is 0 Å². The zero-order valence-corrected chi connectivity index (χ0v) is 18.9. The summed E-state index contributed by atoms with van der Waals surface area (Å²) in [6.45, 7) is 6.11. The van der Waals surface area contributed by atoms with Crippen LogP contribution in [0, 0.1) is 0 Å². The van der Waals surface area contributed by atoms with Crippen LogP contribution >= 0.6 is 0 Å². The Labute approximate surface area is 179 Å². The molecule has 164 valence electrons. The molecule has 7 nitrogen and oxygen atoms in total. The predicted molar refractivity (Wildman–Crippen MR) is 118 cm³/mol. The van der Waals surface area contributed by atoms with Gasteiger partial charge < -0.3 is 15.0 Å². The number of hydrogen-bond donors (Lipinski definition) is 1. The van der Waals surface area contributed by atoms with Crippen molar-refractivity contribution >= 4 is 15.9 Å². The third kappa shape index (κ3) is 6.55. The quantitative estimate of drug-likeness (QED) is 0.589. The fourth-order valence-corrected chi connectivity index (χ4v) is 4.35. The van der Waals surface area contributed by atoms with Crippen molar-refractivity contribution in [2.75, 3.05) is 40.3 Å². The molecule has 0 fully saturated rings. The molecule has 1 amide bonds. The Kier molecular flexibility index (Phi) is 8.83. The lowest BCUT2D eigenvalue weighted by atomic mass is 10.2. The van der Waals surface area contributed by atoms with Gasteiger partial charge in [-0.25, -0.2) is 8.42 Å². The topological polar surface area (TPSA) is 79.0 Å². The number of ether oxygens (including phenoxy) is 1. The van der Waals surface area contributed by atoms with Gasteiger partial charge in [0.15, 0.2) is 0 Å². The highest BCUT2D eigenvalue weighted by Gasteiger charge is 2.22. The molecule has 0 aliphatic rings. The molecule has 1 N–H and O–H groups in total. The molecular weight excluding hydrogens is 402 g/mol. The molecule has 0 aromatic heterocycles. The Morgan fingerprint density at radius 3 is 2.30 bits per heavy atom. The van der Waals surface area contributed by atoms with Crippen LogP contribution in [0.3, 0.4) is 0 Å². The lowest BCUT2D eigenvalue weighted by Crippen LogP contribution is -2.31. The summed E-state index contributed by atoms with van der Waals surface area (Å²) < 4.78 is 32.4. The Balaban J connectivity index is 1.98. The summed E-state index contributed by atoms with van der Waals surface area (Å²) in [5.74, 6) is 0.458. The zero-order valence-electron chi connectivity index (χ0n) is 18.1. The number of rotatable bonds is 11. The molecule has 0 unspecified atom stereocenters. The minimum Gasteiger partial charge on any atom is -0.492 e. The van der Waals surface area contributed by atoms with Gasteiger partial charge in [-0.05, 0) is 50.0 Å². The highest BCUT2D eigenvalue weighted by molar-refractivity contribution is 7.89. The molecule has 2 aromatic carbocycles. The van der Waals surface area contributed by atoms with Crippen LogP contribution in [-0.2, 0) is 16.6 Å². The summed E-state index contributed by atoms with van der Waals surface area (Å²) in [5, 5.41) is 2.83. The lowest BCUT2D eigenvalue weighted by molar-refractivity contribution is 0.0950. The van der Waals surface area contributed by atoms with E-state index in [0.717, 1.165) is 17.9 Å². The smallest absolute Gasteiger partial charge is 0.251 e. The molecule has 2 rings (SSSR count). The van der Waals surface area contributed by atoms with Crippen molar-refractivity contribution in [2.24, 2.45) is 0 Å². The van der Waals surface area contributed by atoms with E-state index in [2.05, 4.69) is 5.32 Å². The van der Waals surface area contributed by atoms with Crippen molar-refractivity contribution in [1.29, 1.82) is 0 Å². The van der Waals surface area contributed by atoms with Gasteiger partial charge in [0.2, 0.25) is 10.0 Å². The van der Waals surface area contributed by atoms with E-state index in [0.29, 0.717) is 31.8 Å². The monoisotopic (exact) mass is 433 g/mol. The first-order chi connectivity index (χ1) is 14.3. The number of carbonyl (C=O) groups is 1. The molecule has 0 saturated carbocycles. The molecule has 0 spiro atoms. The number of likely N-dealkylation sites (N-methyl/N-ethyl adjacent to an activating group) is 1. The van der Waals surface area contributed by atoms with E-state index < -0.39 is 10.0 Å². The number of carbonyl (C=O) groups excluding carboxylic acids is 1. The van der Waals surface area contributed by atoms with Crippen LogP contribution in [0.5, 0.6) is 5.75 Å². The van der Waals surface area contributed by atoms with E-state index in [-0.39, 0.29) is 10.8 Å². The summed E-state index contributed by atoms with van der Waals surface area (Å²) in [7, 11) is 0.374. The van der Waals surface area contributed by atoms with Gasteiger partial charge in [0.05, 0.1) is 4.90 Å². The fourth-order valence-electron chi connectivity index (χ4n) is 2.84. The zero-order chi connectivity index (χ0) is 22.1. The second-order valence-electron chi connectivity index (χ2n) is 7.10. The van der Waals surface area contributed by atoms with Gasteiger partial charge in [0, 0.05) is 31.7 Å². The van der Waals surface area contributed by atoms with Gasteiger partial charge in [-0.15, -0.1) is 0 Å². The van der Waals surface area contributed by atoms with E-state index in [4.69, 9.17) is 4.74 Å². The minimum absolute atomic E-state index is 0.123. The summed E-state index contributed by atoms with van der Waals surface area (Å²) >= 11 is 0. The molecule has 0 saturated heterocycles. The van der Waals surface area contributed by atoms with Crippen molar-refractivity contribution in [3.8, 4) is 5.75 Å². The summed E-state index contributed by atoms with van der Waals surface area (Å²) in [6.07, 6.45) is 0. The maximum atomic E-state index is 12.7. The molecule has 0 heterocycles. The highest BCUT2D eigenvalue weighted by atomic mass is 32.2. The van der Waals surface area contributed by atoms with Gasteiger partial charge in [-0.3, -0.25) is 4.79 Å². The van der Waals surface area contributed by atoms with Gasteiger partial charge in [0.25, 0.3) is 5.91 Å². The summed E-state index contributed by atoms with van der Waals surface area (Å²) in [4.78, 5) is 14.7. The van der Waals surface area contributed by atoms with Crippen LogP contribution in [0.4, 0.5) is 0 Å². The first-order valence-electron chi connectivity index (χ1n) is 10.0.